The summed E-state index contributed by atoms with van der Waals surface area (Å²) in [6.07, 6.45) is 1.10. The Kier molecular flexibility index (Phi) is 4.91. The highest BCUT2D eigenvalue weighted by Gasteiger charge is 2.07. The quantitative estimate of drug-likeness (QED) is 0.783. The van der Waals surface area contributed by atoms with E-state index in [0.29, 0.717) is 5.56 Å². The predicted molar refractivity (Wildman–Crippen MR) is 83.3 cm³/mol. The van der Waals surface area contributed by atoms with Crippen LogP contribution >= 0.6 is 0 Å². The van der Waals surface area contributed by atoms with Gasteiger partial charge in [0.2, 0.25) is 0 Å². The van der Waals surface area contributed by atoms with Crippen LogP contribution in [0.3, 0.4) is 0 Å². The van der Waals surface area contributed by atoms with E-state index in [1.165, 1.54) is 11.1 Å². The van der Waals surface area contributed by atoms with Crippen LogP contribution in [0.2, 0.25) is 0 Å². The first-order valence-electron chi connectivity index (χ1n) is 7.18. The molecule has 2 aromatic carbocycles. The zero-order valence-corrected chi connectivity index (χ0v) is 12.5. The average Bonchev–Trinajstić information content (AvgIpc) is 2.44. The van der Waals surface area contributed by atoms with Gasteiger partial charge in [-0.25, -0.2) is 4.39 Å². The Balaban J connectivity index is 2.29. The highest BCUT2D eigenvalue weighted by atomic mass is 19.1. The molecule has 1 N–H and O–H groups in total. The minimum absolute atomic E-state index is 0.160. The largest absolute Gasteiger partial charge is 0.313 e. The first kappa shape index (κ1) is 14.7. The summed E-state index contributed by atoms with van der Waals surface area (Å²) in [5.41, 5.74) is 5.17. The summed E-state index contributed by atoms with van der Waals surface area (Å²) in [5.74, 6) is -0.160. The van der Waals surface area contributed by atoms with Gasteiger partial charge < -0.3 is 5.32 Å². The first-order valence-corrected chi connectivity index (χ1v) is 7.18. The number of halogens is 1. The molecule has 0 fully saturated rings. The lowest BCUT2D eigenvalue weighted by molar-refractivity contribution is 0.628. The van der Waals surface area contributed by atoms with E-state index in [2.05, 4.69) is 32.2 Å². The lowest BCUT2D eigenvalue weighted by Gasteiger charge is -2.10. The molecule has 0 spiro atoms. The number of aryl methyl sites for hydroxylation is 2. The van der Waals surface area contributed by atoms with Gasteiger partial charge in [-0.15, -0.1) is 0 Å². The van der Waals surface area contributed by atoms with Crippen LogP contribution < -0.4 is 5.32 Å². The molecule has 1 nitrogen and oxygen atoms in total. The van der Waals surface area contributed by atoms with Gasteiger partial charge in [0.1, 0.15) is 5.82 Å². The summed E-state index contributed by atoms with van der Waals surface area (Å²) in [5, 5.41) is 3.35. The molecule has 0 heterocycles. The van der Waals surface area contributed by atoms with Crippen LogP contribution in [0, 0.1) is 19.7 Å². The van der Waals surface area contributed by atoms with Crippen molar-refractivity contribution in [1.82, 2.24) is 5.32 Å². The third-order valence-corrected chi connectivity index (χ3v) is 3.60. The summed E-state index contributed by atoms with van der Waals surface area (Å²) in [6, 6.07) is 11.4. The van der Waals surface area contributed by atoms with Crippen LogP contribution in [0.4, 0.5) is 4.39 Å². The standard InChI is InChI=1S/C18H22FN/c1-4-9-20-12-15-6-8-18(19)17(11-15)16-7-5-13(2)14(3)10-16/h5-8,10-11,20H,4,9,12H2,1-3H3. The molecule has 2 aromatic rings. The number of benzene rings is 2. The molecule has 106 valence electrons. The van der Waals surface area contributed by atoms with Crippen molar-refractivity contribution in [3.05, 3.63) is 58.9 Å². The third-order valence-electron chi connectivity index (χ3n) is 3.60. The normalized spacial score (nSPS) is 10.8. The predicted octanol–water partition coefficient (Wildman–Crippen LogP) is 4.61. The molecular formula is C18H22FN. The van der Waals surface area contributed by atoms with E-state index in [4.69, 9.17) is 0 Å². The second-order valence-corrected chi connectivity index (χ2v) is 5.29. The molecule has 0 radical (unpaired) electrons. The summed E-state index contributed by atoms with van der Waals surface area (Å²) in [6.45, 7) is 8.03. The fourth-order valence-corrected chi connectivity index (χ4v) is 2.22. The van der Waals surface area contributed by atoms with Crippen LogP contribution in [-0.4, -0.2) is 6.54 Å². The van der Waals surface area contributed by atoms with E-state index in [9.17, 15) is 4.39 Å². The van der Waals surface area contributed by atoms with Gasteiger partial charge in [0.15, 0.2) is 0 Å². The molecule has 0 unspecified atom stereocenters. The molecule has 2 rings (SSSR count). The van der Waals surface area contributed by atoms with Gasteiger partial charge in [0.25, 0.3) is 0 Å². The van der Waals surface area contributed by atoms with E-state index < -0.39 is 0 Å². The molecule has 0 aliphatic carbocycles. The molecule has 0 atom stereocenters. The van der Waals surface area contributed by atoms with Gasteiger partial charge >= 0.3 is 0 Å². The molecule has 0 saturated heterocycles. The number of nitrogens with one attached hydrogen (secondary N) is 1. The van der Waals surface area contributed by atoms with Crippen molar-refractivity contribution < 1.29 is 4.39 Å². The lowest BCUT2D eigenvalue weighted by atomic mass is 9.98. The molecule has 0 aliphatic heterocycles. The maximum absolute atomic E-state index is 14.1. The zero-order chi connectivity index (χ0) is 14.5. The van der Waals surface area contributed by atoms with Crippen molar-refractivity contribution >= 4 is 0 Å². The van der Waals surface area contributed by atoms with Crippen LogP contribution in [0.1, 0.15) is 30.0 Å². The van der Waals surface area contributed by atoms with Crippen molar-refractivity contribution in [3.63, 3.8) is 0 Å². The summed E-state index contributed by atoms with van der Waals surface area (Å²) >= 11 is 0. The van der Waals surface area contributed by atoms with Crippen molar-refractivity contribution in [2.75, 3.05) is 6.54 Å². The third kappa shape index (κ3) is 3.45. The Morgan fingerprint density at radius 2 is 1.80 bits per heavy atom. The summed E-state index contributed by atoms with van der Waals surface area (Å²) < 4.78 is 14.1. The Labute approximate surface area is 120 Å². The highest BCUT2D eigenvalue weighted by molar-refractivity contribution is 5.66. The van der Waals surface area contributed by atoms with Crippen LogP contribution in [0.25, 0.3) is 11.1 Å². The monoisotopic (exact) mass is 271 g/mol. The van der Waals surface area contributed by atoms with Crippen LogP contribution in [0.15, 0.2) is 36.4 Å². The lowest BCUT2D eigenvalue weighted by Crippen LogP contribution is -2.13. The SMILES string of the molecule is CCCNCc1ccc(F)c(-c2ccc(C)c(C)c2)c1. The van der Waals surface area contributed by atoms with Crippen molar-refractivity contribution in [2.45, 2.75) is 33.7 Å². The summed E-state index contributed by atoms with van der Waals surface area (Å²) in [7, 11) is 0. The number of hydrogen-bond acceptors (Lipinski definition) is 1. The van der Waals surface area contributed by atoms with Crippen LogP contribution in [-0.2, 0) is 6.54 Å². The van der Waals surface area contributed by atoms with Crippen molar-refractivity contribution in [2.24, 2.45) is 0 Å². The molecule has 0 amide bonds. The molecule has 2 heteroatoms. The van der Waals surface area contributed by atoms with Gasteiger partial charge in [-0.1, -0.05) is 31.2 Å². The molecule has 20 heavy (non-hydrogen) atoms. The molecule has 0 aromatic heterocycles. The van der Waals surface area contributed by atoms with Gasteiger partial charge in [-0.05, 0) is 61.2 Å². The number of rotatable bonds is 5. The van der Waals surface area contributed by atoms with E-state index >= 15 is 0 Å². The smallest absolute Gasteiger partial charge is 0.131 e. The second-order valence-electron chi connectivity index (χ2n) is 5.29. The summed E-state index contributed by atoms with van der Waals surface area (Å²) in [4.78, 5) is 0. The molecule has 0 aliphatic rings. The van der Waals surface area contributed by atoms with Gasteiger partial charge in [-0.3, -0.25) is 0 Å². The number of hydrogen-bond donors (Lipinski definition) is 1. The Bertz CT molecular complexity index is 590. The van der Waals surface area contributed by atoms with Gasteiger partial charge in [-0.2, -0.15) is 0 Å². The topological polar surface area (TPSA) is 12.0 Å². The van der Waals surface area contributed by atoms with E-state index in [1.54, 1.807) is 6.07 Å². The Hall–Kier alpha value is -1.67. The Morgan fingerprint density at radius 1 is 1.00 bits per heavy atom. The fourth-order valence-electron chi connectivity index (χ4n) is 2.22. The van der Waals surface area contributed by atoms with Gasteiger partial charge in [0.05, 0.1) is 0 Å². The van der Waals surface area contributed by atoms with Crippen LogP contribution in [0.5, 0.6) is 0 Å². The first-order chi connectivity index (χ1) is 9.61. The molecule has 0 bridgehead atoms. The van der Waals surface area contributed by atoms with E-state index in [1.807, 2.05) is 24.3 Å². The zero-order valence-electron chi connectivity index (χ0n) is 12.5. The van der Waals surface area contributed by atoms with E-state index in [-0.39, 0.29) is 5.82 Å². The van der Waals surface area contributed by atoms with Crippen molar-refractivity contribution in [3.8, 4) is 11.1 Å². The van der Waals surface area contributed by atoms with E-state index in [0.717, 1.165) is 30.6 Å². The second kappa shape index (κ2) is 6.67. The minimum Gasteiger partial charge on any atom is -0.313 e. The molecule has 0 saturated carbocycles. The fraction of sp³-hybridized carbons (Fsp3) is 0.333. The van der Waals surface area contributed by atoms with Crippen molar-refractivity contribution in [1.29, 1.82) is 0 Å². The molecular weight excluding hydrogens is 249 g/mol. The highest BCUT2D eigenvalue weighted by Crippen LogP contribution is 2.26. The Morgan fingerprint density at radius 3 is 2.50 bits per heavy atom. The minimum atomic E-state index is -0.160. The average molecular weight is 271 g/mol. The maximum atomic E-state index is 14.1. The maximum Gasteiger partial charge on any atom is 0.131 e. The van der Waals surface area contributed by atoms with Gasteiger partial charge in [0, 0.05) is 12.1 Å².